The van der Waals surface area contributed by atoms with Crippen molar-refractivity contribution >= 4 is 31.6 Å². The van der Waals surface area contributed by atoms with E-state index in [1.165, 1.54) is 13.8 Å². The van der Waals surface area contributed by atoms with Crippen LogP contribution in [0, 0.1) is 5.92 Å². The fourth-order valence-corrected chi connectivity index (χ4v) is 2.88. The van der Waals surface area contributed by atoms with Crippen LogP contribution in [0.1, 0.15) is 19.4 Å². The van der Waals surface area contributed by atoms with Crippen LogP contribution in [0.2, 0.25) is 0 Å². The summed E-state index contributed by atoms with van der Waals surface area (Å²) in [6.07, 6.45) is -1.94. The quantitative estimate of drug-likeness (QED) is 0.342. The second kappa shape index (κ2) is 9.91. The minimum absolute atomic E-state index is 0.128. The number of amides is 1. The van der Waals surface area contributed by atoms with Gasteiger partial charge in [-0.2, -0.15) is 0 Å². The van der Waals surface area contributed by atoms with Crippen LogP contribution in [0.15, 0.2) is 42.5 Å². The summed E-state index contributed by atoms with van der Waals surface area (Å²) in [5.74, 6) is -4.21. The second-order valence-corrected chi connectivity index (χ2v) is 6.78. The highest BCUT2D eigenvalue weighted by Gasteiger charge is 2.41. The molecule has 1 aliphatic rings. The third-order valence-corrected chi connectivity index (χ3v) is 4.35. The van der Waals surface area contributed by atoms with Gasteiger partial charge in [0.1, 0.15) is 18.6 Å². The molecule has 0 bridgehead atoms. The smallest absolute Gasteiger partial charge is 0.333 e. The molecule has 0 saturated carbocycles. The molecule has 1 aliphatic heterocycles. The fourth-order valence-electron chi connectivity index (χ4n) is 2.88. The summed E-state index contributed by atoms with van der Waals surface area (Å²) in [5, 5.41) is 2.17. The van der Waals surface area contributed by atoms with Gasteiger partial charge in [0.15, 0.2) is 18.0 Å². The molecule has 29 heavy (non-hydrogen) atoms. The van der Waals surface area contributed by atoms with Crippen LogP contribution in [0.5, 0.6) is 0 Å². The average molecular weight is 399 g/mol. The third kappa shape index (κ3) is 6.20. The molecule has 152 valence electrons. The Balaban J connectivity index is 2.37. The van der Waals surface area contributed by atoms with E-state index in [0.29, 0.717) is 0 Å². The van der Waals surface area contributed by atoms with E-state index in [1.807, 2.05) is 18.2 Å². The first-order valence-electron chi connectivity index (χ1n) is 9.02. The van der Waals surface area contributed by atoms with Crippen molar-refractivity contribution in [2.24, 2.45) is 5.92 Å². The number of rotatable bonds is 5. The van der Waals surface area contributed by atoms with Crippen molar-refractivity contribution in [3.05, 3.63) is 48.0 Å². The Bertz CT molecular complexity index is 795. The molecular formula is C20H22BNO7. The average Bonchev–Trinajstić information content (AvgIpc) is 2.70. The molecule has 2 radical (unpaired) electrons. The van der Waals surface area contributed by atoms with Gasteiger partial charge in [-0.05, 0) is 25.8 Å². The third-order valence-electron chi connectivity index (χ3n) is 4.35. The molecule has 1 saturated heterocycles. The summed E-state index contributed by atoms with van der Waals surface area (Å²) in [6.45, 7) is 6.03. The lowest BCUT2D eigenvalue weighted by molar-refractivity contribution is -0.171. The number of carbonyl (C=O) groups excluding carboxylic acids is 4. The number of ether oxygens (including phenoxy) is 3. The van der Waals surface area contributed by atoms with E-state index in [1.54, 1.807) is 12.1 Å². The van der Waals surface area contributed by atoms with Crippen LogP contribution < -0.4 is 5.32 Å². The first-order chi connectivity index (χ1) is 13.7. The van der Waals surface area contributed by atoms with E-state index in [9.17, 15) is 19.2 Å². The molecule has 0 aromatic heterocycles. The van der Waals surface area contributed by atoms with Crippen molar-refractivity contribution in [1.29, 1.82) is 0 Å². The molecule has 8 nitrogen and oxygen atoms in total. The van der Waals surface area contributed by atoms with E-state index >= 15 is 0 Å². The lowest BCUT2D eigenvalue weighted by atomic mass is 9.91. The number of carbonyl (C=O) groups is 4. The van der Waals surface area contributed by atoms with Gasteiger partial charge < -0.3 is 19.5 Å². The summed E-state index contributed by atoms with van der Waals surface area (Å²) < 4.78 is 16.0. The van der Waals surface area contributed by atoms with Crippen LogP contribution in [0.3, 0.4) is 0 Å². The second-order valence-electron chi connectivity index (χ2n) is 6.78. The van der Waals surface area contributed by atoms with Gasteiger partial charge in [0, 0.05) is 5.57 Å². The van der Waals surface area contributed by atoms with Gasteiger partial charge in [-0.1, -0.05) is 36.9 Å². The molecule has 1 N–H and O–H groups in total. The maximum atomic E-state index is 12.8. The van der Waals surface area contributed by atoms with Crippen molar-refractivity contribution < 1.29 is 33.4 Å². The summed E-state index contributed by atoms with van der Waals surface area (Å²) in [7, 11) is 5.06. The molecule has 1 amide bonds. The topological polar surface area (TPSA) is 108 Å². The lowest BCUT2D eigenvalue weighted by Gasteiger charge is -2.29. The highest BCUT2D eigenvalue weighted by atomic mass is 16.6. The zero-order chi connectivity index (χ0) is 21.6. The Labute approximate surface area is 170 Å². The normalized spacial score (nSPS) is 24.8. The number of hydrogen-bond donors (Lipinski definition) is 1. The monoisotopic (exact) mass is 399 g/mol. The molecule has 4 atom stereocenters. The first kappa shape index (κ1) is 22.2. The van der Waals surface area contributed by atoms with Crippen LogP contribution in [0.25, 0.3) is 0 Å². The predicted octanol–water partition coefficient (Wildman–Crippen LogP) is 1.07. The van der Waals surface area contributed by atoms with Gasteiger partial charge >= 0.3 is 17.9 Å². The molecular weight excluding hydrogens is 377 g/mol. The Morgan fingerprint density at radius 3 is 2.48 bits per heavy atom. The van der Waals surface area contributed by atoms with E-state index in [2.05, 4.69) is 11.9 Å². The van der Waals surface area contributed by atoms with Crippen molar-refractivity contribution in [1.82, 2.24) is 5.32 Å². The Kier molecular flexibility index (Phi) is 7.58. The molecule has 0 aliphatic carbocycles. The van der Waals surface area contributed by atoms with E-state index in [0.717, 1.165) is 5.56 Å². The minimum Gasteiger partial charge on any atom is -0.463 e. The Hall–Kier alpha value is -3.10. The number of nitrogens with one attached hydrogen (secondary N) is 1. The van der Waals surface area contributed by atoms with Crippen molar-refractivity contribution in [3.63, 3.8) is 0 Å². The zero-order valence-electron chi connectivity index (χ0n) is 16.3. The Morgan fingerprint density at radius 2 is 1.90 bits per heavy atom. The van der Waals surface area contributed by atoms with Gasteiger partial charge in [-0.15, -0.1) is 0 Å². The van der Waals surface area contributed by atoms with Gasteiger partial charge in [0.05, 0.1) is 0 Å². The zero-order valence-corrected chi connectivity index (χ0v) is 16.3. The molecule has 1 aromatic carbocycles. The fraction of sp³-hybridized carbons (Fsp3) is 0.400. The standard InChI is InChI=1S/C20H22BNO7/c1-11(2)17(23)29-16-12(3)28-19(25)15(22-20(21)26)10-27-18(24)14(16)9-13-7-5-4-6-8-13/h4-8,12,14-16H,1,9-10H2,2-3H3,(H,22,26)/t12-,14+,15-,16-/m0/s1. The summed E-state index contributed by atoms with van der Waals surface area (Å²) in [6, 6.07) is 7.79. The number of benzene rings is 1. The summed E-state index contributed by atoms with van der Waals surface area (Å²) >= 11 is 0. The lowest BCUT2D eigenvalue weighted by Crippen LogP contribution is -2.46. The van der Waals surface area contributed by atoms with Gasteiger partial charge in [0.25, 0.3) is 0 Å². The van der Waals surface area contributed by atoms with Gasteiger partial charge in [0.2, 0.25) is 7.85 Å². The number of cyclic esters (lactones) is 2. The largest absolute Gasteiger partial charge is 0.463 e. The van der Waals surface area contributed by atoms with E-state index < -0.39 is 54.5 Å². The van der Waals surface area contributed by atoms with Gasteiger partial charge in [-0.25, -0.2) is 9.59 Å². The SMILES string of the molecule is [B]C(=O)N[C@H]1COC(=O)[C@H](Cc2ccccc2)[C@@H](OC(=O)C(=C)C)[C@H](C)OC1=O. The van der Waals surface area contributed by atoms with Crippen LogP contribution in [-0.2, 0) is 35.0 Å². The van der Waals surface area contributed by atoms with Crippen molar-refractivity contribution in [2.75, 3.05) is 6.61 Å². The van der Waals surface area contributed by atoms with E-state index in [4.69, 9.17) is 22.1 Å². The maximum Gasteiger partial charge on any atom is 0.333 e. The van der Waals surface area contributed by atoms with Crippen molar-refractivity contribution in [2.45, 2.75) is 38.5 Å². The van der Waals surface area contributed by atoms with E-state index in [-0.39, 0.29) is 12.0 Å². The summed E-state index contributed by atoms with van der Waals surface area (Å²) in [4.78, 5) is 48.5. The number of esters is 3. The summed E-state index contributed by atoms with van der Waals surface area (Å²) in [5.41, 5.74) is 0.930. The molecule has 0 unspecified atom stereocenters. The highest BCUT2D eigenvalue weighted by molar-refractivity contribution is 6.57. The van der Waals surface area contributed by atoms with Crippen LogP contribution >= 0.6 is 0 Å². The van der Waals surface area contributed by atoms with Crippen molar-refractivity contribution in [3.8, 4) is 0 Å². The number of hydrogen-bond acceptors (Lipinski definition) is 7. The molecule has 2 rings (SSSR count). The molecule has 1 fully saturated rings. The predicted molar refractivity (Wildman–Crippen MR) is 103 cm³/mol. The molecule has 0 spiro atoms. The molecule has 9 heteroatoms. The van der Waals surface area contributed by atoms with Crippen LogP contribution in [-0.4, -0.2) is 56.4 Å². The molecule has 1 aromatic rings. The first-order valence-corrected chi connectivity index (χ1v) is 9.02. The van der Waals surface area contributed by atoms with Gasteiger partial charge in [-0.3, -0.25) is 9.59 Å². The molecule has 1 heterocycles. The minimum atomic E-state index is -1.27. The maximum absolute atomic E-state index is 12.8. The van der Waals surface area contributed by atoms with Crippen LogP contribution in [0.4, 0.5) is 4.79 Å². The Morgan fingerprint density at radius 1 is 1.24 bits per heavy atom. The highest BCUT2D eigenvalue weighted by Crippen LogP contribution is 2.24.